The van der Waals surface area contributed by atoms with E-state index in [0.29, 0.717) is 5.92 Å². The van der Waals surface area contributed by atoms with Crippen LogP contribution in [-0.4, -0.2) is 28.3 Å². The standard InChI is InChI=1S/C16H22N4O/c1-2-3-7-15-18-19-16(21-15)13-8-11-20(12-9-13)14-6-4-5-10-17-14/h4-6,10,13H,2-3,7-9,11-12H2,1H3. The minimum absolute atomic E-state index is 0.396. The van der Waals surface area contributed by atoms with E-state index in [4.69, 9.17) is 4.42 Å². The Balaban J connectivity index is 1.57. The highest BCUT2D eigenvalue weighted by atomic mass is 16.4. The van der Waals surface area contributed by atoms with E-state index >= 15 is 0 Å². The summed E-state index contributed by atoms with van der Waals surface area (Å²) in [6.07, 6.45) is 7.10. The maximum absolute atomic E-state index is 5.81. The molecule has 5 heteroatoms. The first kappa shape index (κ1) is 14.0. The third kappa shape index (κ3) is 3.40. The van der Waals surface area contributed by atoms with E-state index in [1.54, 1.807) is 0 Å². The van der Waals surface area contributed by atoms with Gasteiger partial charge in [-0.3, -0.25) is 0 Å². The number of aryl methyl sites for hydroxylation is 1. The van der Waals surface area contributed by atoms with E-state index in [2.05, 4.69) is 33.1 Å². The van der Waals surface area contributed by atoms with E-state index < -0.39 is 0 Å². The molecule has 3 rings (SSSR count). The van der Waals surface area contributed by atoms with Crippen LogP contribution in [0.25, 0.3) is 0 Å². The van der Waals surface area contributed by atoms with E-state index in [0.717, 1.165) is 62.8 Å². The van der Waals surface area contributed by atoms with Gasteiger partial charge in [0.05, 0.1) is 0 Å². The molecule has 0 aliphatic carbocycles. The van der Waals surface area contributed by atoms with Gasteiger partial charge in [-0.1, -0.05) is 19.4 Å². The topological polar surface area (TPSA) is 55.1 Å². The number of piperidine rings is 1. The lowest BCUT2D eigenvalue weighted by Gasteiger charge is -2.31. The molecule has 3 heterocycles. The normalized spacial score (nSPS) is 16.3. The monoisotopic (exact) mass is 286 g/mol. The highest BCUT2D eigenvalue weighted by molar-refractivity contribution is 5.38. The maximum Gasteiger partial charge on any atom is 0.219 e. The molecular formula is C16H22N4O. The van der Waals surface area contributed by atoms with Crippen LogP contribution in [0.4, 0.5) is 5.82 Å². The second kappa shape index (κ2) is 6.70. The van der Waals surface area contributed by atoms with E-state index in [1.807, 2.05) is 18.3 Å². The van der Waals surface area contributed by atoms with Crippen molar-refractivity contribution in [2.75, 3.05) is 18.0 Å². The minimum atomic E-state index is 0.396. The van der Waals surface area contributed by atoms with Crippen molar-refractivity contribution in [3.63, 3.8) is 0 Å². The summed E-state index contributed by atoms with van der Waals surface area (Å²) in [5, 5.41) is 8.40. The largest absolute Gasteiger partial charge is 0.425 e. The second-order valence-corrected chi connectivity index (χ2v) is 5.59. The molecule has 1 aliphatic rings. The highest BCUT2D eigenvalue weighted by Gasteiger charge is 2.25. The Morgan fingerprint density at radius 3 is 2.81 bits per heavy atom. The molecule has 0 aromatic carbocycles. The Kier molecular flexibility index (Phi) is 4.48. The first-order valence-corrected chi connectivity index (χ1v) is 7.85. The zero-order valence-corrected chi connectivity index (χ0v) is 12.5. The first-order chi connectivity index (χ1) is 10.4. The summed E-state index contributed by atoms with van der Waals surface area (Å²) >= 11 is 0. The second-order valence-electron chi connectivity index (χ2n) is 5.59. The van der Waals surface area contributed by atoms with Gasteiger partial charge in [0.1, 0.15) is 5.82 Å². The van der Waals surface area contributed by atoms with Crippen LogP contribution in [0.15, 0.2) is 28.8 Å². The van der Waals surface area contributed by atoms with Crippen LogP contribution in [0.1, 0.15) is 50.3 Å². The Bertz CT molecular complexity index is 546. The summed E-state index contributed by atoms with van der Waals surface area (Å²) in [6, 6.07) is 6.05. The van der Waals surface area contributed by atoms with Gasteiger partial charge in [0.25, 0.3) is 0 Å². The molecule has 0 bridgehead atoms. The van der Waals surface area contributed by atoms with E-state index in [-0.39, 0.29) is 0 Å². The quantitative estimate of drug-likeness (QED) is 0.845. The smallest absolute Gasteiger partial charge is 0.219 e. The van der Waals surface area contributed by atoms with Crippen molar-refractivity contribution in [1.29, 1.82) is 0 Å². The van der Waals surface area contributed by atoms with Crippen molar-refractivity contribution >= 4 is 5.82 Å². The summed E-state index contributed by atoms with van der Waals surface area (Å²) in [5.74, 6) is 3.07. The van der Waals surface area contributed by atoms with E-state index in [9.17, 15) is 0 Å². The Morgan fingerprint density at radius 1 is 1.24 bits per heavy atom. The molecule has 112 valence electrons. The van der Waals surface area contributed by atoms with Gasteiger partial charge in [0.2, 0.25) is 11.8 Å². The van der Waals surface area contributed by atoms with Gasteiger partial charge >= 0.3 is 0 Å². The number of pyridine rings is 1. The van der Waals surface area contributed by atoms with Gasteiger partial charge in [-0.25, -0.2) is 4.98 Å². The molecule has 5 nitrogen and oxygen atoms in total. The van der Waals surface area contributed by atoms with Crippen molar-refractivity contribution in [3.8, 4) is 0 Å². The number of anilines is 1. The van der Waals surface area contributed by atoms with Gasteiger partial charge in [0, 0.05) is 31.6 Å². The number of aromatic nitrogens is 3. The van der Waals surface area contributed by atoms with Crippen molar-refractivity contribution in [2.24, 2.45) is 0 Å². The van der Waals surface area contributed by atoms with Crippen LogP contribution in [0.5, 0.6) is 0 Å². The number of hydrogen-bond acceptors (Lipinski definition) is 5. The molecule has 0 saturated carbocycles. The molecule has 0 radical (unpaired) electrons. The average molecular weight is 286 g/mol. The number of unbranched alkanes of at least 4 members (excludes halogenated alkanes) is 1. The zero-order valence-electron chi connectivity index (χ0n) is 12.5. The molecule has 2 aromatic rings. The molecule has 0 unspecified atom stereocenters. The molecule has 0 atom stereocenters. The van der Waals surface area contributed by atoms with Crippen molar-refractivity contribution < 1.29 is 4.42 Å². The third-order valence-electron chi connectivity index (χ3n) is 4.04. The van der Waals surface area contributed by atoms with Crippen molar-refractivity contribution in [2.45, 2.75) is 44.9 Å². The summed E-state index contributed by atoms with van der Waals surface area (Å²) in [4.78, 5) is 6.74. The molecule has 21 heavy (non-hydrogen) atoms. The first-order valence-electron chi connectivity index (χ1n) is 7.85. The number of hydrogen-bond donors (Lipinski definition) is 0. The van der Waals surface area contributed by atoms with Crippen LogP contribution >= 0.6 is 0 Å². The lowest BCUT2D eigenvalue weighted by Crippen LogP contribution is -2.33. The molecule has 0 spiro atoms. The van der Waals surface area contributed by atoms with E-state index in [1.165, 1.54) is 0 Å². The van der Waals surface area contributed by atoms with Crippen LogP contribution < -0.4 is 4.90 Å². The fourth-order valence-corrected chi connectivity index (χ4v) is 2.76. The van der Waals surface area contributed by atoms with Gasteiger partial charge in [-0.2, -0.15) is 0 Å². The summed E-state index contributed by atoms with van der Waals surface area (Å²) < 4.78 is 5.81. The lowest BCUT2D eigenvalue weighted by molar-refractivity contribution is 0.373. The van der Waals surface area contributed by atoms with Gasteiger partial charge in [-0.15, -0.1) is 10.2 Å². The van der Waals surface area contributed by atoms with Crippen LogP contribution in [-0.2, 0) is 6.42 Å². The lowest BCUT2D eigenvalue weighted by atomic mass is 9.97. The van der Waals surface area contributed by atoms with Crippen LogP contribution in [0.3, 0.4) is 0 Å². The van der Waals surface area contributed by atoms with Crippen LogP contribution in [0.2, 0.25) is 0 Å². The summed E-state index contributed by atoms with van der Waals surface area (Å²) in [6.45, 7) is 4.16. The fourth-order valence-electron chi connectivity index (χ4n) is 2.76. The number of rotatable bonds is 5. The molecular weight excluding hydrogens is 264 g/mol. The van der Waals surface area contributed by atoms with Crippen molar-refractivity contribution in [1.82, 2.24) is 15.2 Å². The Labute approximate surface area is 125 Å². The van der Waals surface area contributed by atoms with Crippen molar-refractivity contribution in [3.05, 3.63) is 36.2 Å². The molecule has 0 amide bonds. The number of nitrogens with zero attached hydrogens (tertiary/aromatic N) is 4. The molecule has 1 saturated heterocycles. The highest BCUT2D eigenvalue weighted by Crippen LogP contribution is 2.29. The summed E-state index contributed by atoms with van der Waals surface area (Å²) in [5.41, 5.74) is 0. The third-order valence-corrected chi connectivity index (χ3v) is 4.04. The molecule has 2 aromatic heterocycles. The molecule has 1 aliphatic heterocycles. The predicted octanol–water partition coefficient (Wildman–Crippen LogP) is 3.19. The molecule has 0 N–H and O–H groups in total. The minimum Gasteiger partial charge on any atom is -0.425 e. The van der Waals surface area contributed by atoms with Gasteiger partial charge in [0.15, 0.2) is 0 Å². The van der Waals surface area contributed by atoms with Gasteiger partial charge < -0.3 is 9.32 Å². The maximum atomic E-state index is 5.81. The summed E-state index contributed by atoms with van der Waals surface area (Å²) in [7, 11) is 0. The predicted molar refractivity (Wildman–Crippen MR) is 81.3 cm³/mol. The van der Waals surface area contributed by atoms with Crippen LogP contribution in [0, 0.1) is 0 Å². The van der Waals surface area contributed by atoms with Gasteiger partial charge in [-0.05, 0) is 31.4 Å². The molecule has 1 fully saturated rings. The average Bonchev–Trinajstić information content (AvgIpc) is 3.03. The fraction of sp³-hybridized carbons (Fsp3) is 0.562. The SMILES string of the molecule is CCCCc1nnc(C2CCN(c3ccccn3)CC2)o1. The Morgan fingerprint density at radius 2 is 2.10 bits per heavy atom. The Hall–Kier alpha value is -1.91. The zero-order chi connectivity index (χ0) is 14.5.